The summed E-state index contributed by atoms with van der Waals surface area (Å²) in [5.74, 6) is 1.05. The van der Waals surface area contributed by atoms with E-state index in [2.05, 4.69) is 15.1 Å². The highest BCUT2D eigenvalue weighted by Crippen LogP contribution is 2.28. The number of nitrogens with zero attached hydrogens (tertiary/aromatic N) is 3. The molecule has 0 aliphatic carbocycles. The second-order valence-electron chi connectivity index (χ2n) is 5.61. The molecule has 2 rings (SSSR count). The summed E-state index contributed by atoms with van der Waals surface area (Å²) in [4.78, 5) is 13.8. The number of carbonyl (C=O) groups is 1. The van der Waals surface area contributed by atoms with Crippen molar-refractivity contribution in [1.29, 1.82) is 0 Å². The van der Waals surface area contributed by atoms with E-state index in [1.165, 1.54) is 6.92 Å². The van der Waals surface area contributed by atoms with Crippen LogP contribution in [-0.4, -0.2) is 30.6 Å². The molecule has 0 bridgehead atoms. The number of ketones is 1. The lowest BCUT2D eigenvalue weighted by Gasteiger charge is -2.23. The maximum absolute atomic E-state index is 11.7. The Morgan fingerprint density at radius 2 is 1.64 bits per heavy atom. The molecular formula is C19H21Cl2N3O. The molecule has 2 aromatic carbocycles. The first-order chi connectivity index (χ1) is 12.1. The van der Waals surface area contributed by atoms with Crippen LogP contribution in [0.25, 0.3) is 0 Å². The van der Waals surface area contributed by atoms with Crippen LogP contribution in [0, 0.1) is 6.92 Å². The first-order valence-corrected chi connectivity index (χ1v) is 9.13. The number of hydrogen-bond acceptors (Lipinski definition) is 4. The van der Waals surface area contributed by atoms with Crippen molar-refractivity contribution in [2.24, 2.45) is 10.2 Å². The third-order valence-corrected chi connectivity index (χ3v) is 4.14. The van der Waals surface area contributed by atoms with E-state index in [4.69, 9.17) is 23.2 Å². The van der Waals surface area contributed by atoms with Crippen molar-refractivity contribution < 1.29 is 4.79 Å². The van der Waals surface area contributed by atoms with Crippen molar-refractivity contribution in [1.82, 2.24) is 0 Å². The Labute approximate surface area is 158 Å². The predicted molar refractivity (Wildman–Crippen MR) is 105 cm³/mol. The lowest BCUT2D eigenvalue weighted by Crippen LogP contribution is -2.27. The van der Waals surface area contributed by atoms with Crippen LogP contribution in [0.15, 0.2) is 52.7 Å². The predicted octanol–water partition coefficient (Wildman–Crippen LogP) is 5.90. The third kappa shape index (κ3) is 5.28. The van der Waals surface area contributed by atoms with Crippen molar-refractivity contribution in [2.75, 3.05) is 29.7 Å². The normalized spacial score (nSPS) is 11.0. The second kappa shape index (κ2) is 9.54. The molecule has 0 N–H and O–H groups in total. The Morgan fingerprint density at radius 3 is 2.24 bits per heavy atom. The minimum Gasteiger partial charge on any atom is -0.369 e. The van der Waals surface area contributed by atoms with Gasteiger partial charge in [0.15, 0.2) is 5.78 Å². The van der Waals surface area contributed by atoms with Gasteiger partial charge in [0.2, 0.25) is 0 Å². The van der Waals surface area contributed by atoms with Crippen molar-refractivity contribution >= 4 is 46.0 Å². The molecule has 0 aliphatic rings. The Morgan fingerprint density at radius 1 is 1.00 bits per heavy atom. The molecule has 0 atom stereocenters. The minimum atomic E-state index is -0.0283. The Hall–Kier alpha value is -1.91. The highest BCUT2D eigenvalue weighted by atomic mass is 35.5. The van der Waals surface area contributed by atoms with Crippen LogP contribution >= 0.6 is 23.2 Å². The lowest BCUT2D eigenvalue weighted by molar-refractivity contribution is 0.101. The summed E-state index contributed by atoms with van der Waals surface area (Å²) in [6.07, 6.45) is 0. The molecule has 0 fully saturated rings. The molecular weight excluding hydrogens is 357 g/mol. The van der Waals surface area contributed by atoms with E-state index in [9.17, 15) is 4.79 Å². The fourth-order valence-corrected chi connectivity index (χ4v) is 2.90. The van der Waals surface area contributed by atoms with Crippen LogP contribution in [0.5, 0.6) is 0 Å². The van der Waals surface area contributed by atoms with Crippen LogP contribution in [-0.2, 0) is 0 Å². The lowest BCUT2D eigenvalue weighted by atomic mass is 10.1. The molecule has 0 unspecified atom stereocenters. The van der Waals surface area contributed by atoms with Gasteiger partial charge < -0.3 is 4.90 Å². The quantitative estimate of drug-likeness (QED) is 0.326. The maximum atomic E-state index is 11.7. The van der Waals surface area contributed by atoms with E-state index in [-0.39, 0.29) is 5.78 Å². The van der Waals surface area contributed by atoms with E-state index in [1.807, 2.05) is 37.3 Å². The van der Waals surface area contributed by atoms with E-state index in [0.29, 0.717) is 23.0 Å². The topological polar surface area (TPSA) is 45.0 Å². The molecule has 0 radical (unpaired) electrons. The summed E-state index contributed by atoms with van der Waals surface area (Å²) in [5, 5.41) is 8.57. The van der Waals surface area contributed by atoms with Crippen LogP contribution in [0.1, 0.15) is 22.8 Å². The van der Waals surface area contributed by atoms with E-state index in [0.717, 1.165) is 30.0 Å². The molecule has 25 heavy (non-hydrogen) atoms. The average Bonchev–Trinajstić information content (AvgIpc) is 2.60. The summed E-state index contributed by atoms with van der Waals surface area (Å²) in [7, 11) is 0. The zero-order chi connectivity index (χ0) is 18.2. The van der Waals surface area contributed by atoms with Crippen LogP contribution in [0.3, 0.4) is 0 Å². The first-order valence-electron chi connectivity index (χ1n) is 8.06. The Bertz CT molecular complexity index is 756. The Kier molecular flexibility index (Phi) is 7.41. The smallest absolute Gasteiger partial charge is 0.162 e. The number of halogens is 2. The minimum absolute atomic E-state index is 0.0283. The maximum Gasteiger partial charge on any atom is 0.162 e. The number of aryl methyl sites for hydroxylation is 1. The van der Waals surface area contributed by atoms with Crippen LogP contribution < -0.4 is 4.90 Å². The van der Waals surface area contributed by atoms with Gasteiger partial charge in [-0.25, -0.2) is 0 Å². The molecule has 2 aromatic rings. The van der Waals surface area contributed by atoms with Crippen LogP contribution in [0.4, 0.5) is 17.1 Å². The zero-order valence-corrected chi connectivity index (χ0v) is 15.9. The summed E-state index contributed by atoms with van der Waals surface area (Å²) >= 11 is 11.7. The van der Waals surface area contributed by atoms with Crippen molar-refractivity contribution in [2.45, 2.75) is 13.8 Å². The van der Waals surface area contributed by atoms with Gasteiger partial charge in [0, 0.05) is 36.1 Å². The number of hydrogen-bond donors (Lipinski definition) is 0. The highest BCUT2D eigenvalue weighted by molar-refractivity contribution is 6.18. The number of carbonyl (C=O) groups excluding carboxylic acids is 1. The van der Waals surface area contributed by atoms with Gasteiger partial charge in [-0.05, 0) is 49.7 Å². The summed E-state index contributed by atoms with van der Waals surface area (Å²) in [6, 6.07) is 13.1. The summed E-state index contributed by atoms with van der Waals surface area (Å²) < 4.78 is 0. The SMILES string of the molecule is CC(=O)c1ccccc1N=Nc1ccc(N(CCCl)CCCl)cc1C. The fraction of sp³-hybridized carbons (Fsp3) is 0.316. The molecule has 0 saturated carbocycles. The summed E-state index contributed by atoms with van der Waals surface area (Å²) in [5.41, 5.74) is 3.96. The Balaban J connectivity index is 2.25. The third-order valence-electron chi connectivity index (χ3n) is 3.80. The molecule has 0 amide bonds. The van der Waals surface area contributed by atoms with E-state index >= 15 is 0 Å². The van der Waals surface area contributed by atoms with Gasteiger partial charge in [-0.2, -0.15) is 5.11 Å². The number of anilines is 1. The largest absolute Gasteiger partial charge is 0.369 e. The molecule has 0 spiro atoms. The van der Waals surface area contributed by atoms with Crippen molar-refractivity contribution in [3.05, 3.63) is 53.6 Å². The molecule has 0 aromatic heterocycles. The summed E-state index contributed by atoms with van der Waals surface area (Å²) in [6.45, 7) is 4.98. The van der Waals surface area contributed by atoms with Crippen LogP contribution in [0.2, 0.25) is 0 Å². The molecule has 6 heteroatoms. The number of benzene rings is 2. The highest BCUT2D eigenvalue weighted by Gasteiger charge is 2.08. The van der Waals surface area contributed by atoms with Gasteiger partial charge in [-0.3, -0.25) is 4.79 Å². The first kappa shape index (κ1) is 19.4. The van der Waals surface area contributed by atoms with Gasteiger partial charge in [-0.15, -0.1) is 28.3 Å². The molecule has 4 nitrogen and oxygen atoms in total. The van der Waals surface area contributed by atoms with Gasteiger partial charge in [0.05, 0.1) is 11.4 Å². The average molecular weight is 378 g/mol. The number of azo groups is 1. The molecule has 0 saturated heterocycles. The molecule has 132 valence electrons. The number of alkyl halides is 2. The van der Waals surface area contributed by atoms with Gasteiger partial charge >= 0.3 is 0 Å². The van der Waals surface area contributed by atoms with Gasteiger partial charge in [-0.1, -0.05) is 12.1 Å². The van der Waals surface area contributed by atoms with E-state index in [1.54, 1.807) is 12.1 Å². The second-order valence-corrected chi connectivity index (χ2v) is 6.37. The molecule has 0 heterocycles. The van der Waals surface area contributed by atoms with Crippen molar-refractivity contribution in [3.63, 3.8) is 0 Å². The zero-order valence-electron chi connectivity index (χ0n) is 14.4. The fourth-order valence-electron chi connectivity index (χ4n) is 2.49. The number of rotatable bonds is 8. The standard InChI is InChI=1S/C19H21Cl2N3O/c1-14-13-16(24(11-9-20)12-10-21)7-8-18(14)22-23-19-6-4-3-5-17(19)15(2)25/h3-8,13H,9-12H2,1-2H3. The van der Waals surface area contributed by atoms with Gasteiger partial charge in [0.1, 0.15) is 0 Å². The number of Topliss-reactive ketones (excluding diaryl/α,β-unsaturated/α-hetero) is 1. The van der Waals surface area contributed by atoms with E-state index < -0.39 is 0 Å². The monoisotopic (exact) mass is 377 g/mol. The van der Waals surface area contributed by atoms with Crippen molar-refractivity contribution in [3.8, 4) is 0 Å². The van der Waals surface area contributed by atoms with Gasteiger partial charge in [0.25, 0.3) is 0 Å². The molecule has 0 aliphatic heterocycles.